The largest absolute Gasteiger partial charge is 0.489 e. The van der Waals surface area contributed by atoms with Gasteiger partial charge in [0.05, 0.1) is 48.7 Å². The minimum atomic E-state index is -0.621. The molecule has 0 radical (unpaired) electrons. The van der Waals surface area contributed by atoms with Crippen molar-refractivity contribution in [1.29, 1.82) is 0 Å². The first-order valence-electron chi connectivity index (χ1n) is 25.7. The highest BCUT2D eigenvalue weighted by Crippen LogP contribution is 2.39. The molecule has 2 heterocycles. The second-order valence-electron chi connectivity index (χ2n) is 18.4. The van der Waals surface area contributed by atoms with Crippen LogP contribution in [0, 0.1) is 0 Å². The van der Waals surface area contributed by atoms with Gasteiger partial charge in [-0.3, -0.25) is 29.0 Å². The number of carbonyl (C=O) groups is 5. The van der Waals surface area contributed by atoms with Crippen molar-refractivity contribution in [2.24, 2.45) is 0 Å². The molecule has 4 rings (SSSR count). The van der Waals surface area contributed by atoms with Gasteiger partial charge in [-0.2, -0.15) is 0 Å². The van der Waals surface area contributed by atoms with Crippen molar-refractivity contribution in [1.82, 2.24) is 30.7 Å². The Morgan fingerprint density at radius 1 is 0.542 bits per heavy atom. The fraction of sp³-hybridized carbons (Fsp3) is 0.635. The molecule has 20 heteroatoms. The quantitative estimate of drug-likeness (QED) is 0.0466. The summed E-state index contributed by atoms with van der Waals surface area (Å²) in [6, 6.07) is 6.51. The number of carbonyl (C=O) groups excluding carboxylic acids is 5. The number of unbranched alkanes of at least 4 members (excludes halogenated alkanes) is 4. The Morgan fingerprint density at radius 3 is 1.19 bits per heavy atom. The van der Waals surface area contributed by atoms with Gasteiger partial charge in [0.2, 0.25) is 0 Å². The molecule has 2 saturated heterocycles. The lowest BCUT2D eigenvalue weighted by molar-refractivity contribution is 0.0524. The van der Waals surface area contributed by atoms with Crippen molar-refractivity contribution in [3.8, 4) is 23.0 Å². The lowest BCUT2D eigenvalue weighted by atomic mass is 10.1. The van der Waals surface area contributed by atoms with E-state index in [-0.39, 0.29) is 57.8 Å². The van der Waals surface area contributed by atoms with Crippen LogP contribution in [0.4, 0.5) is 4.79 Å². The van der Waals surface area contributed by atoms with E-state index >= 15 is 0 Å². The Morgan fingerprint density at radius 2 is 0.875 bits per heavy atom. The van der Waals surface area contributed by atoms with E-state index in [1.54, 1.807) is 34.1 Å². The summed E-state index contributed by atoms with van der Waals surface area (Å²) in [4.78, 5) is 73.4. The maximum atomic E-state index is 14.0. The lowest BCUT2D eigenvalue weighted by Gasteiger charge is -2.24. The molecule has 0 aromatic heterocycles. The normalized spacial score (nSPS) is 13.6. The number of rotatable bonds is 32. The van der Waals surface area contributed by atoms with Crippen LogP contribution in [0.2, 0.25) is 0 Å². The molecule has 0 atom stereocenters. The van der Waals surface area contributed by atoms with E-state index in [0.29, 0.717) is 118 Å². The van der Waals surface area contributed by atoms with Crippen LogP contribution in [0.15, 0.2) is 24.3 Å². The zero-order valence-corrected chi connectivity index (χ0v) is 46.8. The minimum absolute atomic E-state index is 0.247. The van der Waals surface area contributed by atoms with Crippen molar-refractivity contribution in [3.63, 3.8) is 0 Å². The number of benzene rings is 2. The lowest BCUT2D eigenvalue weighted by Crippen LogP contribution is -2.36. The van der Waals surface area contributed by atoms with E-state index in [1.807, 2.05) is 20.8 Å². The molecule has 2 aliphatic rings. The predicted molar refractivity (Wildman–Crippen MR) is 296 cm³/mol. The van der Waals surface area contributed by atoms with E-state index in [1.165, 1.54) is 23.5 Å². The van der Waals surface area contributed by atoms with Gasteiger partial charge in [-0.15, -0.1) is 0 Å². The number of amides is 5. The third-order valence-electron chi connectivity index (χ3n) is 11.4. The van der Waals surface area contributed by atoms with Crippen LogP contribution in [0.1, 0.15) is 161 Å². The van der Waals surface area contributed by atoms with E-state index < -0.39 is 11.7 Å². The molecule has 0 aliphatic carbocycles. The number of nitrogens with one attached hydrogen (secondary N) is 3. The number of nitrogens with zero attached hydrogens (tertiary/aromatic N) is 3. The summed E-state index contributed by atoms with van der Waals surface area (Å²) in [6.07, 6.45) is 7.86. The van der Waals surface area contributed by atoms with Crippen molar-refractivity contribution >= 4 is 86.3 Å². The number of alkyl carbamates (subject to hydrolysis) is 1. The third-order valence-corrected chi connectivity index (χ3v) is 14.2. The maximum absolute atomic E-state index is 14.0. The van der Waals surface area contributed by atoms with Gasteiger partial charge >= 0.3 is 6.09 Å². The van der Waals surface area contributed by atoms with Gasteiger partial charge in [-0.1, -0.05) is 101 Å². The molecular weight excluding hydrogens is 997 g/mol. The van der Waals surface area contributed by atoms with Crippen LogP contribution in [-0.2, 0) is 4.74 Å². The first-order chi connectivity index (χ1) is 34.6. The number of thioether (sulfide) groups is 2. The zero-order valence-electron chi connectivity index (χ0n) is 43.5. The molecule has 2 fully saturated rings. The van der Waals surface area contributed by atoms with Crippen molar-refractivity contribution in [3.05, 3.63) is 46.5 Å². The van der Waals surface area contributed by atoms with E-state index in [4.69, 9.17) is 48.1 Å². The molecule has 0 saturated carbocycles. The molecule has 72 heavy (non-hydrogen) atoms. The van der Waals surface area contributed by atoms with Crippen molar-refractivity contribution in [2.75, 3.05) is 90.3 Å². The Bertz CT molecular complexity index is 2010. The summed E-state index contributed by atoms with van der Waals surface area (Å²) in [5.41, 5.74) is 0.553. The number of ether oxygens (including phenoxy) is 5. The molecule has 0 unspecified atom stereocenters. The number of hydrogen-bond donors (Lipinski definition) is 3. The molecule has 2 aromatic carbocycles. The fourth-order valence-corrected chi connectivity index (χ4v) is 9.86. The maximum Gasteiger partial charge on any atom is 0.407 e. The average molecular weight is 1080 g/mol. The SMILES string of the molecule is CCCCOc1c(C(=O)NCCCN(CCCNC(=O)OC(C)(C)C)CCCNC(=O)c2ccc(C(=O)N3CCSC3=S)c(OCCCC)c2OCCCC)ccc(C(=O)N2CCSC2=S)c1OCCCC. The van der Waals surface area contributed by atoms with Gasteiger partial charge in [0.25, 0.3) is 23.6 Å². The van der Waals surface area contributed by atoms with Gasteiger partial charge in [0.1, 0.15) is 14.2 Å². The van der Waals surface area contributed by atoms with E-state index in [9.17, 15) is 24.0 Å². The molecule has 2 aliphatic heterocycles. The van der Waals surface area contributed by atoms with Crippen LogP contribution < -0.4 is 34.9 Å². The summed E-state index contributed by atoms with van der Waals surface area (Å²) >= 11 is 13.9. The number of hydrogen-bond acceptors (Lipinski definition) is 15. The van der Waals surface area contributed by atoms with Gasteiger partial charge in [-0.25, -0.2) is 4.79 Å². The first kappa shape index (κ1) is 60.2. The Hall–Kier alpha value is -4.37. The molecule has 400 valence electrons. The Labute approximate surface area is 446 Å². The summed E-state index contributed by atoms with van der Waals surface area (Å²) in [5, 5.41) is 8.96. The molecular formula is C52H78N6O10S4. The van der Waals surface area contributed by atoms with Crippen LogP contribution in [0.25, 0.3) is 0 Å². The van der Waals surface area contributed by atoms with Gasteiger partial charge in [0.15, 0.2) is 23.0 Å². The molecule has 2 aromatic rings. The predicted octanol–water partition coefficient (Wildman–Crippen LogP) is 9.51. The standard InChI is InChI=1S/C52H78N6O10S4/c1-8-12-31-64-41-37(19-21-39(43(41)66-33-14-10-3)47(61)57-29-35-71-50(57)69)45(59)53-23-16-26-56(28-18-25-55-49(63)68-52(5,6)7)27-17-24-54-46(60)38-20-22-40(48(62)58-30-36-72-51(58)70)44(67-34-15-11-4)42(38)65-32-13-9-2/h19-22H,8-18,23-36H2,1-7H3,(H,53,59)(H,54,60)(H,55,63). The topological polar surface area (TPSA) is 177 Å². The van der Waals surface area contributed by atoms with Crippen LogP contribution >= 0.6 is 48.0 Å². The van der Waals surface area contributed by atoms with Gasteiger partial charge < -0.3 is 44.5 Å². The average Bonchev–Trinajstić information content (AvgIpc) is 3.99. The highest BCUT2D eigenvalue weighted by atomic mass is 32.2. The highest BCUT2D eigenvalue weighted by Gasteiger charge is 2.33. The van der Waals surface area contributed by atoms with Gasteiger partial charge in [0, 0.05) is 44.2 Å². The van der Waals surface area contributed by atoms with E-state index in [0.717, 1.165) is 62.9 Å². The third kappa shape index (κ3) is 19.2. The molecule has 16 nitrogen and oxygen atoms in total. The number of thiocarbonyl (C=S) groups is 2. The summed E-state index contributed by atoms with van der Waals surface area (Å²) in [6.45, 7) is 19.0. The minimum Gasteiger partial charge on any atom is -0.489 e. The molecule has 5 amide bonds. The molecule has 0 bridgehead atoms. The Balaban J connectivity index is 1.48. The first-order valence-corrected chi connectivity index (χ1v) is 28.5. The van der Waals surface area contributed by atoms with Crippen molar-refractivity contribution in [2.45, 2.75) is 125 Å². The van der Waals surface area contributed by atoms with Crippen LogP contribution in [-0.4, -0.2) is 149 Å². The van der Waals surface area contributed by atoms with Crippen LogP contribution in [0.3, 0.4) is 0 Å². The second-order valence-corrected chi connectivity index (χ2v) is 21.9. The Kier molecular flexibility index (Phi) is 26.8. The highest BCUT2D eigenvalue weighted by molar-refractivity contribution is 8.23. The monoisotopic (exact) mass is 1070 g/mol. The fourth-order valence-electron chi connectivity index (χ4n) is 7.46. The zero-order chi connectivity index (χ0) is 52.5. The summed E-state index contributed by atoms with van der Waals surface area (Å²) in [5.74, 6) is 1.18. The summed E-state index contributed by atoms with van der Waals surface area (Å²) < 4.78 is 31.5. The van der Waals surface area contributed by atoms with Crippen molar-refractivity contribution < 1.29 is 47.7 Å². The second kappa shape index (κ2) is 32.0. The summed E-state index contributed by atoms with van der Waals surface area (Å²) in [7, 11) is 0. The smallest absolute Gasteiger partial charge is 0.407 e. The molecule has 0 spiro atoms. The van der Waals surface area contributed by atoms with Crippen LogP contribution in [0.5, 0.6) is 23.0 Å². The van der Waals surface area contributed by atoms with E-state index in [2.05, 4.69) is 48.5 Å². The van der Waals surface area contributed by atoms with Gasteiger partial charge in [-0.05, 0) is 110 Å². The molecule has 3 N–H and O–H groups in total.